The molecule has 2 aliphatic rings. The van der Waals surface area contributed by atoms with Gasteiger partial charge in [0.1, 0.15) is 5.75 Å². The van der Waals surface area contributed by atoms with Crippen molar-refractivity contribution in [3.05, 3.63) is 60.2 Å². The summed E-state index contributed by atoms with van der Waals surface area (Å²) in [6.07, 6.45) is 4.73. The van der Waals surface area contributed by atoms with Gasteiger partial charge >= 0.3 is 0 Å². The molecule has 2 aromatic rings. The van der Waals surface area contributed by atoms with Crippen molar-refractivity contribution in [1.29, 1.82) is 0 Å². The van der Waals surface area contributed by atoms with Gasteiger partial charge < -0.3 is 24.8 Å². The van der Waals surface area contributed by atoms with Crippen molar-refractivity contribution in [3.8, 4) is 5.75 Å². The van der Waals surface area contributed by atoms with Gasteiger partial charge in [0.25, 0.3) is 0 Å². The lowest BCUT2D eigenvalue weighted by atomic mass is 9.85. The summed E-state index contributed by atoms with van der Waals surface area (Å²) in [5.74, 6) is 1.02. The van der Waals surface area contributed by atoms with Gasteiger partial charge in [-0.1, -0.05) is 45.5 Å². The minimum absolute atomic E-state index is 0.0152. The number of hydrogen-bond acceptors (Lipinski definition) is 5. The second-order valence-corrected chi connectivity index (χ2v) is 11.0. The maximum Gasteiger partial charge on any atom is 0.229 e. The first-order valence-electron chi connectivity index (χ1n) is 13.0. The largest absolute Gasteiger partial charge is 0.497 e. The lowest BCUT2D eigenvalue weighted by Crippen LogP contribution is -2.36. The van der Waals surface area contributed by atoms with Gasteiger partial charge in [-0.15, -0.1) is 0 Å². The van der Waals surface area contributed by atoms with Crippen LogP contribution in [0.1, 0.15) is 57.6 Å². The molecule has 1 saturated carbocycles. The summed E-state index contributed by atoms with van der Waals surface area (Å²) in [5, 5.41) is 6.76. The zero-order valence-electron chi connectivity index (χ0n) is 22.1. The van der Waals surface area contributed by atoms with Crippen LogP contribution in [0.4, 0.5) is 11.4 Å². The third-order valence-corrected chi connectivity index (χ3v) is 7.20. The smallest absolute Gasteiger partial charge is 0.229 e. The first-order chi connectivity index (χ1) is 17.2. The van der Waals surface area contributed by atoms with E-state index in [0.29, 0.717) is 19.1 Å². The summed E-state index contributed by atoms with van der Waals surface area (Å²) in [6.45, 7) is 12.4. The molecule has 0 radical (unpaired) electrons. The van der Waals surface area contributed by atoms with Crippen LogP contribution in [0.15, 0.2) is 49.0 Å². The maximum atomic E-state index is 12.9. The molecule has 1 aliphatic carbocycles. The Labute approximate surface area is 215 Å². The number of nitrogens with one attached hydrogen (secondary N) is 2. The third kappa shape index (κ3) is 6.48. The van der Waals surface area contributed by atoms with Gasteiger partial charge in [0.05, 0.1) is 31.7 Å². The van der Waals surface area contributed by atoms with Crippen molar-refractivity contribution in [2.75, 3.05) is 37.5 Å². The van der Waals surface area contributed by atoms with Gasteiger partial charge in [-0.05, 0) is 66.1 Å². The van der Waals surface area contributed by atoms with E-state index in [4.69, 9.17) is 14.2 Å². The Hall–Kier alpha value is -2.83. The van der Waals surface area contributed by atoms with Crippen LogP contribution in [0, 0.1) is 11.3 Å². The molecule has 1 amide bonds. The van der Waals surface area contributed by atoms with Gasteiger partial charge in [-0.25, -0.2) is 0 Å². The minimum Gasteiger partial charge on any atom is -0.497 e. The highest BCUT2D eigenvalue weighted by molar-refractivity contribution is 5.98. The number of carbonyl (C=O) groups is 1. The van der Waals surface area contributed by atoms with Crippen LogP contribution in [0.3, 0.4) is 0 Å². The number of anilines is 2. The highest BCUT2D eigenvalue weighted by Gasteiger charge is 2.40. The molecule has 6 heteroatoms. The Morgan fingerprint density at radius 2 is 1.72 bits per heavy atom. The summed E-state index contributed by atoms with van der Waals surface area (Å²) in [4.78, 5) is 12.9. The highest BCUT2D eigenvalue weighted by atomic mass is 16.7. The second kappa shape index (κ2) is 11.1. The molecule has 0 aromatic heterocycles. The van der Waals surface area contributed by atoms with Gasteiger partial charge in [0.15, 0.2) is 5.79 Å². The molecule has 194 valence electrons. The van der Waals surface area contributed by atoms with Gasteiger partial charge in [0.2, 0.25) is 5.91 Å². The standard InChI is InChI=1S/C30H40N2O4/c1-21(18-22-6-9-25(34-5)10-7-22)24-8-11-26(27(19-24)32-28(33)29(2,3)4)31-20-23-12-14-30(15-13-23)35-16-17-36-30/h6-11,19,23,31H,1,12-18,20H2,2-5H3,(H,32,33). The number of ether oxygens (including phenoxy) is 3. The Bertz CT molecular complexity index is 1060. The van der Waals surface area contributed by atoms with Crippen LogP contribution in [0.2, 0.25) is 0 Å². The molecule has 2 fully saturated rings. The van der Waals surface area contributed by atoms with E-state index in [1.165, 1.54) is 0 Å². The number of hydrogen-bond donors (Lipinski definition) is 2. The van der Waals surface area contributed by atoms with Crippen LogP contribution in [-0.4, -0.2) is 38.6 Å². The van der Waals surface area contributed by atoms with Gasteiger partial charge in [-0.3, -0.25) is 4.79 Å². The topological polar surface area (TPSA) is 68.8 Å². The van der Waals surface area contributed by atoms with Gasteiger partial charge in [-0.2, -0.15) is 0 Å². The Morgan fingerprint density at radius 3 is 2.33 bits per heavy atom. The van der Waals surface area contributed by atoms with Gasteiger partial charge in [0, 0.05) is 24.8 Å². The summed E-state index contributed by atoms with van der Waals surface area (Å²) in [5.41, 5.74) is 4.39. The van der Waals surface area contributed by atoms with E-state index >= 15 is 0 Å². The fourth-order valence-corrected chi connectivity index (χ4v) is 4.78. The SMILES string of the molecule is C=C(Cc1ccc(OC)cc1)c1ccc(NCC2CCC3(CC2)OCCO3)c(NC(=O)C(C)(C)C)c1. The minimum atomic E-state index is -0.494. The van der Waals surface area contributed by atoms with Crippen LogP contribution in [-0.2, 0) is 20.7 Å². The van der Waals surface area contributed by atoms with Crippen LogP contribution >= 0.6 is 0 Å². The molecule has 36 heavy (non-hydrogen) atoms. The molecule has 4 rings (SSSR count). The molecule has 2 N–H and O–H groups in total. The fraction of sp³-hybridized carbons (Fsp3) is 0.500. The quantitative estimate of drug-likeness (QED) is 0.454. The molecule has 0 atom stereocenters. The van der Waals surface area contributed by atoms with E-state index in [-0.39, 0.29) is 11.7 Å². The van der Waals surface area contributed by atoms with Crippen molar-refractivity contribution in [3.63, 3.8) is 0 Å². The molecule has 1 heterocycles. The predicted octanol–water partition coefficient (Wildman–Crippen LogP) is 6.28. The van der Waals surface area contributed by atoms with Crippen molar-refractivity contribution in [1.82, 2.24) is 0 Å². The van der Waals surface area contributed by atoms with E-state index in [2.05, 4.69) is 41.5 Å². The Kier molecular flexibility index (Phi) is 8.06. The first-order valence-corrected chi connectivity index (χ1v) is 13.0. The first kappa shape index (κ1) is 26.2. The van der Waals surface area contributed by atoms with E-state index in [1.807, 2.05) is 39.0 Å². The molecular weight excluding hydrogens is 452 g/mol. The van der Waals surface area contributed by atoms with E-state index in [1.54, 1.807) is 7.11 Å². The Balaban J connectivity index is 1.45. The zero-order valence-corrected chi connectivity index (χ0v) is 22.1. The molecule has 6 nitrogen and oxygen atoms in total. The average Bonchev–Trinajstić information content (AvgIpc) is 3.32. The van der Waals surface area contributed by atoms with Crippen LogP contribution in [0.25, 0.3) is 5.57 Å². The molecular formula is C30H40N2O4. The molecule has 1 aliphatic heterocycles. The molecule has 1 spiro atoms. The number of methoxy groups -OCH3 is 1. The summed E-state index contributed by atoms with van der Waals surface area (Å²) in [7, 11) is 1.67. The number of allylic oxidation sites excluding steroid dienone is 1. The van der Waals surface area contributed by atoms with Crippen molar-refractivity contribution in [2.45, 2.75) is 58.7 Å². The van der Waals surface area contributed by atoms with Crippen molar-refractivity contribution >= 4 is 22.9 Å². The van der Waals surface area contributed by atoms with Crippen LogP contribution in [0.5, 0.6) is 5.75 Å². The van der Waals surface area contributed by atoms with Crippen molar-refractivity contribution < 1.29 is 19.0 Å². The summed E-state index contributed by atoms with van der Waals surface area (Å²) < 4.78 is 17.0. The number of benzene rings is 2. The monoisotopic (exact) mass is 492 g/mol. The maximum absolute atomic E-state index is 12.9. The molecule has 0 bridgehead atoms. The highest BCUT2D eigenvalue weighted by Crippen LogP contribution is 2.39. The molecule has 1 saturated heterocycles. The van der Waals surface area contributed by atoms with E-state index in [9.17, 15) is 4.79 Å². The summed E-state index contributed by atoms with van der Waals surface area (Å²) >= 11 is 0. The normalized spacial score (nSPS) is 17.7. The lowest BCUT2D eigenvalue weighted by molar-refractivity contribution is -0.181. The third-order valence-electron chi connectivity index (χ3n) is 7.20. The number of carbonyl (C=O) groups excluding carboxylic acids is 1. The Morgan fingerprint density at radius 1 is 1.06 bits per heavy atom. The lowest BCUT2D eigenvalue weighted by Gasteiger charge is -2.35. The predicted molar refractivity (Wildman–Crippen MR) is 145 cm³/mol. The van der Waals surface area contributed by atoms with E-state index < -0.39 is 5.41 Å². The van der Waals surface area contributed by atoms with Crippen molar-refractivity contribution in [2.24, 2.45) is 11.3 Å². The summed E-state index contributed by atoms with van der Waals surface area (Å²) in [6, 6.07) is 14.2. The number of amides is 1. The van der Waals surface area contributed by atoms with Crippen LogP contribution < -0.4 is 15.4 Å². The molecule has 2 aromatic carbocycles. The average molecular weight is 493 g/mol. The second-order valence-electron chi connectivity index (χ2n) is 11.0. The fourth-order valence-electron chi connectivity index (χ4n) is 4.78. The zero-order chi connectivity index (χ0) is 25.8. The molecule has 0 unspecified atom stereocenters. The van der Waals surface area contributed by atoms with E-state index in [0.717, 1.165) is 72.5 Å². The number of rotatable bonds is 8.